The summed E-state index contributed by atoms with van der Waals surface area (Å²) in [4.78, 5) is 14.4. The number of amides is 1. The van der Waals surface area contributed by atoms with E-state index < -0.39 is 5.54 Å². The van der Waals surface area contributed by atoms with Gasteiger partial charge in [0.25, 0.3) is 0 Å². The molecule has 0 aromatic heterocycles. The number of aliphatic hydroxyl groups excluding tert-OH is 1. The van der Waals surface area contributed by atoms with Crippen molar-refractivity contribution in [3.63, 3.8) is 0 Å². The number of nitrogens with zero attached hydrogens (tertiary/aromatic N) is 1. The fraction of sp³-hybridized carbons (Fsp3) is 0.923. The molecule has 3 N–H and O–H groups in total. The van der Waals surface area contributed by atoms with Crippen molar-refractivity contribution in [2.24, 2.45) is 5.73 Å². The first-order valence-electron chi connectivity index (χ1n) is 6.89. The van der Waals surface area contributed by atoms with Gasteiger partial charge in [0.05, 0.1) is 30.9 Å². The van der Waals surface area contributed by atoms with Crippen molar-refractivity contribution in [3.05, 3.63) is 0 Å². The number of ether oxygens (including phenoxy) is 1. The molecule has 18 heavy (non-hydrogen) atoms. The highest BCUT2D eigenvalue weighted by Gasteiger charge is 2.41. The van der Waals surface area contributed by atoms with E-state index >= 15 is 0 Å². The van der Waals surface area contributed by atoms with Gasteiger partial charge >= 0.3 is 0 Å². The minimum atomic E-state index is -0.691. The summed E-state index contributed by atoms with van der Waals surface area (Å²) in [6.07, 6.45) is 4.52. The number of carbonyl (C=O) groups is 1. The monoisotopic (exact) mass is 256 g/mol. The van der Waals surface area contributed by atoms with Gasteiger partial charge in [-0.1, -0.05) is 19.3 Å². The summed E-state index contributed by atoms with van der Waals surface area (Å²) in [6.45, 7) is 2.86. The maximum Gasteiger partial charge on any atom is 0.243 e. The molecule has 5 nitrogen and oxygen atoms in total. The van der Waals surface area contributed by atoms with Gasteiger partial charge in [-0.25, -0.2) is 0 Å². The molecule has 104 valence electrons. The molecule has 1 heterocycles. The summed E-state index contributed by atoms with van der Waals surface area (Å²) in [7, 11) is 0. The second-order valence-corrected chi connectivity index (χ2v) is 5.66. The van der Waals surface area contributed by atoms with Gasteiger partial charge in [0.2, 0.25) is 5.91 Å². The van der Waals surface area contributed by atoms with Crippen LogP contribution in [0.3, 0.4) is 0 Å². The summed E-state index contributed by atoms with van der Waals surface area (Å²) in [5.41, 5.74) is 5.60. The Labute approximate surface area is 108 Å². The quantitative estimate of drug-likeness (QED) is 0.743. The van der Waals surface area contributed by atoms with Crippen molar-refractivity contribution in [3.8, 4) is 0 Å². The summed E-state index contributed by atoms with van der Waals surface area (Å²) >= 11 is 0. The fourth-order valence-corrected chi connectivity index (χ4v) is 2.89. The van der Waals surface area contributed by atoms with Crippen LogP contribution < -0.4 is 5.73 Å². The number of hydrogen-bond donors (Lipinski definition) is 2. The highest BCUT2D eigenvalue weighted by atomic mass is 16.5. The molecule has 2 rings (SSSR count). The Balaban J connectivity index is 2.06. The van der Waals surface area contributed by atoms with Gasteiger partial charge in [-0.3, -0.25) is 4.79 Å². The number of nitrogens with two attached hydrogens (primary N) is 1. The minimum Gasteiger partial charge on any atom is -0.394 e. The molecule has 2 atom stereocenters. The van der Waals surface area contributed by atoms with Gasteiger partial charge < -0.3 is 20.5 Å². The normalized spacial score (nSPS) is 32.3. The third kappa shape index (κ3) is 2.68. The first kappa shape index (κ1) is 13.8. The predicted octanol–water partition coefficient (Wildman–Crippen LogP) is 0.256. The Morgan fingerprint density at radius 3 is 2.72 bits per heavy atom. The molecule has 2 fully saturated rings. The van der Waals surface area contributed by atoms with E-state index in [1.54, 1.807) is 4.90 Å². The van der Waals surface area contributed by atoms with Crippen molar-refractivity contribution >= 4 is 5.91 Å². The van der Waals surface area contributed by atoms with Crippen LogP contribution in [0.15, 0.2) is 0 Å². The largest absolute Gasteiger partial charge is 0.394 e. The first-order valence-corrected chi connectivity index (χ1v) is 6.89. The van der Waals surface area contributed by atoms with Crippen molar-refractivity contribution in [2.45, 2.75) is 56.7 Å². The van der Waals surface area contributed by atoms with E-state index in [9.17, 15) is 4.79 Å². The van der Waals surface area contributed by atoms with Crippen LogP contribution in [0.1, 0.15) is 39.0 Å². The Hall–Kier alpha value is -0.650. The van der Waals surface area contributed by atoms with E-state index in [0.29, 0.717) is 13.2 Å². The van der Waals surface area contributed by atoms with Crippen LogP contribution in [0.4, 0.5) is 0 Å². The lowest BCUT2D eigenvalue weighted by Crippen LogP contribution is -2.62. The summed E-state index contributed by atoms with van der Waals surface area (Å²) in [6, 6.07) is 0.0441. The topological polar surface area (TPSA) is 75.8 Å². The van der Waals surface area contributed by atoms with Crippen LogP contribution in [-0.2, 0) is 9.53 Å². The zero-order valence-corrected chi connectivity index (χ0v) is 11.1. The van der Waals surface area contributed by atoms with Gasteiger partial charge in [-0.2, -0.15) is 0 Å². The Kier molecular flexibility index (Phi) is 4.25. The van der Waals surface area contributed by atoms with Gasteiger partial charge in [0.15, 0.2) is 0 Å². The zero-order chi connectivity index (χ0) is 13.2. The Bertz CT molecular complexity index is 303. The van der Waals surface area contributed by atoms with E-state index in [0.717, 1.165) is 25.7 Å². The van der Waals surface area contributed by atoms with Gasteiger partial charge in [-0.05, 0) is 19.8 Å². The molecular formula is C13H24N2O3. The lowest BCUT2D eigenvalue weighted by molar-refractivity contribution is -0.153. The molecule has 0 radical (unpaired) electrons. The van der Waals surface area contributed by atoms with E-state index in [2.05, 4.69) is 0 Å². The molecule has 2 aliphatic rings. The smallest absolute Gasteiger partial charge is 0.243 e. The molecule has 5 heteroatoms. The third-order valence-corrected chi connectivity index (χ3v) is 4.14. The SMILES string of the molecule is CC1COC(CO)CN1C(=O)C1(N)CCCCC1. The van der Waals surface area contributed by atoms with E-state index in [4.69, 9.17) is 15.6 Å². The second-order valence-electron chi connectivity index (χ2n) is 5.66. The van der Waals surface area contributed by atoms with Gasteiger partial charge in [-0.15, -0.1) is 0 Å². The average molecular weight is 256 g/mol. The molecule has 1 saturated heterocycles. The molecule has 0 bridgehead atoms. The fourth-order valence-electron chi connectivity index (χ4n) is 2.89. The maximum atomic E-state index is 12.6. The van der Waals surface area contributed by atoms with Crippen LogP contribution in [0.2, 0.25) is 0 Å². The number of aliphatic hydroxyl groups is 1. The standard InChI is InChI=1S/C13H24N2O3/c1-10-9-18-11(8-16)7-15(10)12(17)13(14)5-3-2-4-6-13/h10-11,16H,2-9,14H2,1H3. The van der Waals surface area contributed by atoms with Gasteiger partial charge in [0.1, 0.15) is 0 Å². The molecule has 1 amide bonds. The third-order valence-electron chi connectivity index (χ3n) is 4.14. The van der Waals surface area contributed by atoms with Crippen LogP contribution in [0.25, 0.3) is 0 Å². The van der Waals surface area contributed by atoms with Crippen LogP contribution in [0, 0.1) is 0 Å². The molecular weight excluding hydrogens is 232 g/mol. The van der Waals surface area contributed by atoms with Crippen molar-refractivity contribution in [2.75, 3.05) is 19.8 Å². The lowest BCUT2D eigenvalue weighted by Gasteiger charge is -2.43. The Morgan fingerprint density at radius 1 is 1.44 bits per heavy atom. The van der Waals surface area contributed by atoms with E-state index in [-0.39, 0.29) is 24.7 Å². The molecule has 0 spiro atoms. The number of carbonyl (C=O) groups excluding carboxylic acids is 1. The van der Waals surface area contributed by atoms with Crippen LogP contribution in [0.5, 0.6) is 0 Å². The number of rotatable bonds is 2. The molecule has 2 unspecified atom stereocenters. The molecule has 0 aromatic rings. The first-order chi connectivity index (χ1) is 8.57. The van der Waals surface area contributed by atoms with E-state index in [1.807, 2.05) is 6.92 Å². The minimum absolute atomic E-state index is 0.0384. The molecule has 1 aliphatic heterocycles. The average Bonchev–Trinajstić information content (AvgIpc) is 2.39. The maximum absolute atomic E-state index is 12.6. The summed E-state index contributed by atoms with van der Waals surface area (Å²) < 4.78 is 5.46. The summed E-state index contributed by atoms with van der Waals surface area (Å²) in [5, 5.41) is 9.16. The summed E-state index contributed by atoms with van der Waals surface area (Å²) in [5.74, 6) is 0.0384. The van der Waals surface area contributed by atoms with Crippen molar-refractivity contribution in [1.82, 2.24) is 4.90 Å². The Morgan fingerprint density at radius 2 is 2.11 bits per heavy atom. The van der Waals surface area contributed by atoms with Gasteiger partial charge in [0, 0.05) is 6.54 Å². The van der Waals surface area contributed by atoms with Crippen LogP contribution in [-0.4, -0.2) is 53.4 Å². The van der Waals surface area contributed by atoms with Crippen molar-refractivity contribution < 1.29 is 14.6 Å². The molecule has 0 aromatic carbocycles. The van der Waals surface area contributed by atoms with E-state index in [1.165, 1.54) is 6.42 Å². The predicted molar refractivity (Wildman–Crippen MR) is 68.0 cm³/mol. The number of morpholine rings is 1. The van der Waals surface area contributed by atoms with Crippen LogP contribution >= 0.6 is 0 Å². The second kappa shape index (κ2) is 5.55. The molecule has 1 aliphatic carbocycles. The molecule has 1 saturated carbocycles. The zero-order valence-electron chi connectivity index (χ0n) is 11.1. The lowest BCUT2D eigenvalue weighted by atomic mass is 9.81. The highest BCUT2D eigenvalue weighted by Crippen LogP contribution is 2.29. The number of hydrogen-bond acceptors (Lipinski definition) is 4. The van der Waals surface area contributed by atoms with Crippen molar-refractivity contribution in [1.29, 1.82) is 0 Å². The highest BCUT2D eigenvalue weighted by molar-refractivity contribution is 5.86.